The number of hydrogen-bond donors (Lipinski definition) is 3. The summed E-state index contributed by atoms with van der Waals surface area (Å²) in [5.41, 5.74) is 2.03. The van der Waals surface area contributed by atoms with E-state index in [1.54, 1.807) is 31.2 Å². The van der Waals surface area contributed by atoms with Crippen LogP contribution in [0.4, 0.5) is 5.69 Å². The third kappa shape index (κ3) is 2.95. The van der Waals surface area contributed by atoms with Crippen molar-refractivity contribution in [2.45, 2.75) is 6.92 Å². The fourth-order valence-corrected chi connectivity index (χ4v) is 1.77. The van der Waals surface area contributed by atoms with Gasteiger partial charge in [0.2, 0.25) is 0 Å². The highest BCUT2D eigenvalue weighted by Gasteiger charge is 2.10. The van der Waals surface area contributed by atoms with Crippen LogP contribution in [-0.4, -0.2) is 21.9 Å². The van der Waals surface area contributed by atoms with Crippen molar-refractivity contribution < 1.29 is 15.1 Å². The standard InChI is InChI=1S/C15H14N2O3/c1-10(17-20)13-4-2-3-5-14(13)16-15(19)11-6-8-12(18)9-7-11/h2-9,18,20H,1H3,(H,16,19)/b17-10+. The number of carbonyl (C=O) groups excluding carboxylic acids is 1. The van der Waals surface area contributed by atoms with Gasteiger partial charge >= 0.3 is 0 Å². The maximum absolute atomic E-state index is 12.1. The number of aromatic hydroxyl groups is 1. The van der Waals surface area contributed by atoms with Crippen LogP contribution in [0.3, 0.4) is 0 Å². The van der Waals surface area contributed by atoms with E-state index in [9.17, 15) is 9.90 Å². The minimum atomic E-state index is -0.303. The summed E-state index contributed by atoms with van der Waals surface area (Å²) in [7, 11) is 0. The number of hydrogen-bond acceptors (Lipinski definition) is 4. The lowest BCUT2D eigenvalue weighted by Gasteiger charge is -2.10. The van der Waals surface area contributed by atoms with Crippen molar-refractivity contribution in [3.05, 3.63) is 59.7 Å². The molecule has 0 aliphatic rings. The monoisotopic (exact) mass is 270 g/mol. The molecule has 0 aliphatic carbocycles. The Labute approximate surface area is 116 Å². The third-order valence-corrected chi connectivity index (χ3v) is 2.84. The van der Waals surface area contributed by atoms with Gasteiger partial charge < -0.3 is 15.6 Å². The van der Waals surface area contributed by atoms with E-state index in [-0.39, 0.29) is 11.7 Å². The van der Waals surface area contributed by atoms with Gasteiger partial charge in [-0.2, -0.15) is 0 Å². The van der Waals surface area contributed by atoms with E-state index in [0.29, 0.717) is 22.5 Å². The zero-order valence-electron chi connectivity index (χ0n) is 10.9. The highest BCUT2D eigenvalue weighted by molar-refractivity contribution is 6.10. The van der Waals surface area contributed by atoms with Crippen LogP contribution in [0.2, 0.25) is 0 Å². The first kappa shape index (κ1) is 13.6. The van der Waals surface area contributed by atoms with Gasteiger partial charge in [-0.05, 0) is 37.3 Å². The van der Waals surface area contributed by atoms with Crippen molar-refractivity contribution in [2.75, 3.05) is 5.32 Å². The molecule has 0 saturated heterocycles. The van der Waals surface area contributed by atoms with E-state index in [2.05, 4.69) is 10.5 Å². The Morgan fingerprint density at radius 1 is 1.10 bits per heavy atom. The second kappa shape index (κ2) is 5.88. The molecule has 2 aromatic carbocycles. The highest BCUT2D eigenvalue weighted by atomic mass is 16.4. The number of phenols is 1. The molecule has 2 aromatic rings. The number of para-hydroxylation sites is 1. The number of nitrogens with one attached hydrogen (secondary N) is 1. The van der Waals surface area contributed by atoms with Gasteiger partial charge in [-0.25, -0.2) is 0 Å². The average molecular weight is 270 g/mol. The Morgan fingerprint density at radius 2 is 1.75 bits per heavy atom. The first-order valence-electron chi connectivity index (χ1n) is 6.00. The van der Waals surface area contributed by atoms with Gasteiger partial charge in [-0.3, -0.25) is 4.79 Å². The van der Waals surface area contributed by atoms with Crippen LogP contribution in [0.25, 0.3) is 0 Å². The minimum absolute atomic E-state index is 0.102. The Kier molecular flexibility index (Phi) is 4.00. The van der Waals surface area contributed by atoms with Crippen molar-refractivity contribution in [1.29, 1.82) is 0 Å². The number of phenolic OH excluding ortho intramolecular Hbond substituents is 1. The molecular weight excluding hydrogens is 256 g/mol. The number of rotatable bonds is 3. The predicted octanol–water partition coefficient (Wildman–Crippen LogP) is 2.84. The van der Waals surface area contributed by atoms with Gasteiger partial charge in [-0.1, -0.05) is 23.4 Å². The molecule has 5 nitrogen and oxygen atoms in total. The summed E-state index contributed by atoms with van der Waals surface area (Å²) in [6.45, 7) is 1.64. The lowest BCUT2D eigenvalue weighted by molar-refractivity contribution is 0.102. The molecule has 102 valence electrons. The maximum Gasteiger partial charge on any atom is 0.255 e. The summed E-state index contributed by atoms with van der Waals surface area (Å²) in [5, 5.41) is 23.9. The van der Waals surface area contributed by atoms with E-state index >= 15 is 0 Å². The first-order valence-corrected chi connectivity index (χ1v) is 6.00. The van der Waals surface area contributed by atoms with Crippen molar-refractivity contribution in [2.24, 2.45) is 5.16 Å². The summed E-state index contributed by atoms with van der Waals surface area (Å²) in [6.07, 6.45) is 0. The Bertz CT molecular complexity index is 648. The lowest BCUT2D eigenvalue weighted by Crippen LogP contribution is -2.14. The maximum atomic E-state index is 12.1. The molecule has 0 saturated carbocycles. The molecule has 2 rings (SSSR count). The highest BCUT2D eigenvalue weighted by Crippen LogP contribution is 2.18. The fraction of sp³-hybridized carbons (Fsp3) is 0.0667. The number of carbonyl (C=O) groups is 1. The Balaban J connectivity index is 2.26. The number of amides is 1. The van der Waals surface area contributed by atoms with Gasteiger partial charge in [0.1, 0.15) is 5.75 Å². The van der Waals surface area contributed by atoms with Gasteiger partial charge in [-0.15, -0.1) is 0 Å². The third-order valence-electron chi connectivity index (χ3n) is 2.84. The average Bonchev–Trinajstić information content (AvgIpc) is 2.47. The van der Waals surface area contributed by atoms with Crippen molar-refractivity contribution in [3.63, 3.8) is 0 Å². The smallest absolute Gasteiger partial charge is 0.255 e. The number of nitrogens with zero attached hydrogens (tertiary/aromatic N) is 1. The van der Waals surface area contributed by atoms with Crippen LogP contribution in [0.5, 0.6) is 5.75 Å². The van der Waals surface area contributed by atoms with Crippen LogP contribution >= 0.6 is 0 Å². The predicted molar refractivity (Wildman–Crippen MR) is 76.5 cm³/mol. The Morgan fingerprint density at radius 3 is 2.40 bits per heavy atom. The van der Waals surface area contributed by atoms with Gasteiger partial charge in [0.05, 0.1) is 11.4 Å². The molecular formula is C15H14N2O3. The number of oxime groups is 1. The molecule has 0 fully saturated rings. The number of anilines is 1. The lowest BCUT2D eigenvalue weighted by atomic mass is 10.1. The summed E-state index contributed by atoms with van der Waals surface area (Å²) >= 11 is 0. The van der Waals surface area contributed by atoms with E-state index in [4.69, 9.17) is 5.21 Å². The molecule has 0 aromatic heterocycles. The fourth-order valence-electron chi connectivity index (χ4n) is 1.77. The second-order valence-corrected chi connectivity index (χ2v) is 4.23. The van der Waals surface area contributed by atoms with Gasteiger partial charge in [0.15, 0.2) is 0 Å². The summed E-state index contributed by atoms with van der Waals surface area (Å²) in [6, 6.07) is 13.0. The SMILES string of the molecule is C/C(=N\O)c1ccccc1NC(=O)c1ccc(O)cc1. The summed E-state index contributed by atoms with van der Waals surface area (Å²) in [4.78, 5) is 12.1. The molecule has 0 atom stereocenters. The molecule has 3 N–H and O–H groups in total. The molecule has 0 unspecified atom stereocenters. The minimum Gasteiger partial charge on any atom is -0.508 e. The molecule has 0 radical (unpaired) electrons. The van der Waals surface area contributed by atoms with Crippen LogP contribution < -0.4 is 5.32 Å². The van der Waals surface area contributed by atoms with Crippen LogP contribution in [0.1, 0.15) is 22.8 Å². The quantitative estimate of drug-likeness (QED) is 0.455. The van der Waals surface area contributed by atoms with Crippen molar-refractivity contribution in [1.82, 2.24) is 0 Å². The first-order chi connectivity index (χ1) is 9.61. The largest absolute Gasteiger partial charge is 0.508 e. The number of benzene rings is 2. The molecule has 5 heteroatoms. The molecule has 0 spiro atoms. The van der Waals surface area contributed by atoms with Crippen molar-refractivity contribution in [3.8, 4) is 5.75 Å². The van der Waals surface area contributed by atoms with Crippen LogP contribution in [0, 0.1) is 0 Å². The molecule has 1 amide bonds. The molecule has 20 heavy (non-hydrogen) atoms. The Hall–Kier alpha value is -2.82. The normalized spacial score (nSPS) is 11.2. The zero-order valence-corrected chi connectivity index (χ0v) is 10.9. The van der Waals surface area contributed by atoms with Crippen LogP contribution in [0.15, 0.2) is 53.7 Å². The molecule has 0 heterocycles. The van der Waals surface area contributed by atoms with E-state index in [1.165, 1.54) is 24.3 Å². The van der Waals surface area contributed by atoms with Crippen molar-refractivity contribution >= 4 is 17.3 Å². The van der Waals surface area contributed by atoms with Crippen LogP contribution in [-0.2, 0) is 0 Å². The van der Waals surface area contributed by atoms with E-state index in [1.807, 2.05) is 0 Å². The second-order valence-electron chi connectivity index (χ2n) is 4.23. The summed E-state index contributed by atoms with van der Waals surface area (Å²) in [5.74, 6) is -0.201. The van der Waals surface area contributed by atoms with E-state index < -0.39 is 0 Å². The molecule has 0 aliphatic heterocycles. The molecule has 0 bridgehead atoms. The van der Waals surface area contributed by atoms with E-state index in [0.717, 1.165) is 0 Å². The zero-order chi connectivity index (χ0) is 14.5. The van der Waals surface area contributed by atoms with Gasteiger partial charge in [0.25, 0.3) is 5.91 Å². The van der Waals surface area contributed by atoms with Gasteiger partial charge in [0, 0.05) is 11.1 Å². The topological polar surface area (TPSA) is 81.9 Å². The summed E-state index contributed by atoms with van der Waals surface area (Å²) < 4.78 is 0.